The van der Waals surface area contributed by atoms with E-state index in [-0.39, 0.29) is 34.1 Å². The van der Waals surface area contributed by atoms with Crippen LogP contribution < -0.4 is 14.8 Å². The Morgan fingerprint density at radius 2 is 1.81 bits per heavy atom. The third kappa shape index (κ3) is 5.38. The van der Waals surface area contributed by atoms with Crippen LogP contribution in [0.2, 0.25) is 0 Å². The highest BCUT2D eigenvalue weighted by molar-refractivity contribution is 7.92. The molecule has 0 spiro atoms. The normalized spacial score (nSPS) is 10.9. The number of non-ortho nitro benzene ring substituents is 1. The number of carbonyl (C=O) groups excluding carboxylic acids is 1. The van der Waals surface area contributed by atoms with Crippen LogP contribution in [0.3, 0.4) is 0 Å². The minimum atomic E-state index is -4.19. The molecule has 0 aliphatic carbocycles. The molecule has 0 aliphatic rings. The van der Waals surface area contributed by atoms with Crippen LogP contribution in [0.15, 0.2) is 71.6 Å². The molecule has 0 aliphatic heterocycles. The number of nitrogens with zero attached hydrogens (tertiary/aromatic N) is 1. The molecule has 0 bridgehead atoms. The van der Waals surface area contributed by atoms with Crippen LogP contribution in [0.5, 0.6) is 5.75 Å². The van der Waals surface area contributed by atoms with Crippen molar-refractivity contribution in [3.63, 3.8) is 0 Å². The molecular weight excluding hydrogens is 441 g/mol. The molecule has 0 radical (unpaired) electrons. The van der Waals surface area contributed by atoms with E-state index in [9.17, 15) is 27.7 Å². The smallest absolute Gasteiger partial charge is 0.271 e. The van der Waals surface area contributed by atoms with Gasteiger partial charge in [-0.15, -0.1) is 0 Å². The molecule has 9 nitrogen and oxygen atoms in total. The first-order chi connectivity index (χ1) is 15.2. The van der Waals surface area contributed by atoms with Crippen LogP contribution in [-0.2, 0) is 16.6 Å². The van der Waals surface area contributed by atoms with Crippen LogP contribution in [-0.4, -0.2) is 26.4 Å². The average molecular weight is 459 g/mol. The Morgan fingerprint density at radius 3 is 2.47 bits per heavy atom. The summed E-state index contributed by atoms with van der Waals surface area (Å²) in [7, 11) is -2.89. The van der Waals surface area contributed by atoms with E-state index in [1.54, 1.807) is 0 Å². The van der Waals surface area contributed by atoms with Crippen molar-refractivity contribution in [3.05, 3.63) is 93.8 Å². The molecule has 0 unspecified atom stereocenters. The molecule has 1 amide bonds. The van der Waals surface area contributed by atoms with E-state index < -0.39 is 26.7 Å². The number of anilines is 1. The summed E-state index contributed by atoms with van der Waals surface area (Å²) in [5.41, 5.74) is 0.314. The Morgan fingerprint density at radius 1 is 1.09 bits per heavy atom. The van der Waals surface area contributed by atoms with Gasteiger partial charge in [0.05, 0.1) is 22.6 Å². The third-order valence-electron chi connectivity index (χ3n) is 4.41. The van der Waals surface area contributed by atoms with Crippen molar-refractivity contribution in [2.24, 2.45) is 0 Å². The highest BCUT2D eigenvalue weighted by Crippen LogP contribution is 2.31. The largest absolute Gasteiger partial charge is 0.495 e. The summed E-state index contributed by atoms with van der Waals surface area (Å²) in [6.07, 6.45) is 0. The van der Waals surface area contributed by atoms with E-state index in [1.165, 1.54) is 67.8 Å². The van der Waals surface area contributed by atoms with Gasteiger partial charge in [0.25, 0.3) is 21.6 Å². The minimum Gasteiger partial charge on any atom is -0.495 e. The maximum Gasteiger partial charge on any atom is 0.271 e. The monoisotopic (exact) mass is 459 g/mol. The predicted octanol–water partition coefficient (Wildman–Crippen LogP) is 3.47. The molecule has 0 saturated carbocycles. The Bertz CT molecular complexity index is 1260. The second-order valence-corrected chi connectivity index (χ2v) is 8.27. The van der Waals surface area contributed by atoms with Gasteiger partial charge in [-0.2, -0.15) is 0 Å². The zero-order chi connectivity index (χ0) is 23.3. The second-order valence-electron chi connectivity index (χ2n) is 6.58. The molecule has 2 N–H and O–H groups in total. The van der Waals surface area contributed by atoms with E-state index in [0.29, 0.717) is 5.56 Å². The topological polar surface area (TPSA) is 128 Å². The molecule has 3 aromatic rings. The number of nitro benzene ring substituents is 1. The molecule has 0 fully saturated rings. The predicted molar refractivity (Wildman–Crippen MR) is 114 cm³/mol. The maximum absolute atomic E-state index is 13.0. The van der Waals surface area contributed by atoms with Crippen LogP contribution in [0.1, 0.15) is 15.9 Å². The molecule has 32 heavy (non-hydrogen) atoms. The van der Waals surface area contributed by atoms with E-state index in [0.717, 1.165) is 6.07 Å². The number of ether oxygens (including phenoxy) is 1. The first-order valence-corrected chi connectivity index (χ1v) is 10.7. The highest BCUT2D eigenvalue weighted by Gasteiger charge is 2.20. The van der Waals surface area contributed by atoms with Crippen molar-refractivity contribution >= 4 is 27.3 Å². The Kier molecular flexibility index (Phi) is 6.69. The molecule has 11 heteroatoms. The van der Waals surface area contributed by atoms with Crippen molar-refractivity contribution in [2.45, 2.75) is 11.4 Å². The molecule has 3 rings (SSSR count). The van der Waals surface area contributed by atoms with E-state index in [2.05, 4.69) is 10.0 Å². The number of amides is 1. The van der Waals surface area contributed by atoms with Crippen molar-refractivity contribution in [3.8, 4) is 5.75 Å². The summed E-state index contributed by atoms with van der Waals surface area (Å²) in [5.74, 6) is -0.836. The number of methoxy groups -OCH3 is 1. The third-order valence-corrected chi connectivity index (χ3v) is 5.77. The standard InChI is InChI=1S/C21H18FN3O6S/c1-31-20-10-9-17(25(27)28)12-19(20)24-32(29,30)18-4-2-3-15(11-18)21(26)23-13-14-5-7-16(22)8-6-14/h2-12,24H,13H2,1H3,(H,23,26). The van der Waals surface area contributed by atoms with Gasteiger partial charge in [0.1, 0.15) is 11.6 Å². The summed E-state index contributed by atoms with van der Waals surface area (Å²) in [6, 6.07) is 14.4. The van der Waals surface area contributed by atoms with Gasteiger partial charge < -0.3 is 10.1 Å². The SMILES string of the molecule is COc1ccc([N+](=O)[O-])cc1NS(=O)(=O)c1cccc(C(=O)NCc2ccc(F)cc2)c1. The number of carbonyl (C=O) groups is 1. The van der Waals surface area contributed by atoms with Crippen LogP contribution >= 0.6 is 0 Å². The Hall–Kier alpha value is -3.99. The van der Waals surface area contributed by atoms with Gasteiger partial charge in [-0.25, -0.2) is 12.8 Å². The van der Waals surface area contributed by atoms with E-state index in [4.69, 9.17) is 4.74 Å². The first-order valence-electron chi connectivity index (χ1n) is 9.17. The van der Waals surface area contributed by atoms with Crippen molar-refractivity contribution in [1.82, 2.24) is 5.32 Å². The van der Waals surface area contributed by atoms with E-state index in [1.807, 2.05) is 0 Å². The maximum atomic E-state index is 13.0. The second kappa shape index (κ2) is 9.43. The fourth-order valence-electron chi connectivity index (χ4n) is 2.78. The van der Waals surface area contributed by atoms with Gasteiger partial charge in [-0.1, -0.05) is 18.2 Å². The summed E-state index contributed by atoms with van der Waals surface area (Å²) in [5, 5.41) is 13.6. The fraction of sp³-hybridized carbons (Fsp3) is 0.0952. The number of nitro groups is 1. The van der Waals surface area contributed by atoms with Crippen LogP contribution in [0.25, 0.3) is 0 Å². The summed E-state index contributed by atoms with van der Waals surface area (Å²) in [4.78, 5) is 22.6. The molecule has 0 aromatic heterocycles. The molecule has 0 saturated heterocycles. The Balaban J connectivity index is 1.80. The number of sulfonamides is 1. The minimum absolute atomic E-state index is 0.0843. The lowest BCUT2D eigenvalue weighted by Gasteiger charge is -2.12. The molecule has 3 aromatic carbocycles. The molecule has 0 heterocycles. The molecular formula is C21H18FN3O6S. The average Bonchev–Trinajstić information content (AvgIpc) is 2.78. The number of benzene rings is 3. The lowest BCUT2D eigenvalue weighted by molar-refractivity contribution is -0.384. The van der Waals surface area contributed by atoms with Crippen LogP contribution in [0, 0.1) is 15.9 Å². The highest BCUT2D eigenvalue weighted by atomic mass is 32.2. The van der Waals surface area contributed by atoms with Crippen molar-refractivity contribution in [2.75, 3.05) is 11.8 Å². The lowest BCUT2D eigenvalue weighted by atomic mass is 10.2. The molecule has 0 atom stereocenters. The fourth-order valence-corrected chi connectivity index (χ4v) is 3.89. The van der Waals surface area contributed by atoms with E-state index >= 15 is 0 Å². The van der Waals surface area contributed by atoms with Gasteiger partial charge in [0.15, 0.2) is 0 Å². The van der Waals surface area contributed by atoms with Gasteiger partial charge in [-0.3, -0.25) is 19.6 Å². The van der Waals surface area contributed by atoms with Gasteiger partial charge in [0.2, 0.25) is 0 Å². The van der Waals surface area contributed by atoms with Gasteiger partial charge in [0, 0.05) is 24.2 Å². The first kappa shape index (κ1) is 22.7. The Labute approximate surface area is 183 Å². The van der Waals surface area contributed by atoms with Crippen LogP contribution in [0.4, 0.5) is 15.8 Å². The number of rotatable bonds is 8. The van der Waals surface area contributed by atoms with Gasteiger partial charge >= 0.3 is 0 Å². The van der Waals surface area contributed by atoms with Crippen molar-refractivity contribution < 1.29 is 27.3 Å². The number of hydrogen-bond donors (Lipinski definition) is 2. The summed E-state index contributed by atoms with van der Waals surface area (Å²) < 4.78 is 46.0. The number of halogens is 1. The summed E-state index contributed by atoms with van der Waals surface area (Å²) in [6.45, 7) is 0.124. The lowest BCUT2D eigenvalue weighted by Crippen LogP contribution is -2.23. The van der Waals surface area contributed by atoms with Crippen molar-refractivity contribution in [1.29, 1.82) is 0 Å². The summed E-state index contributed by atoms with van der Waals surface area (Å²) >= 11 is 0. The quantitative estimate of drug-likeness (QED) is 0.392. The zero-order valence-electron chi connectivity index (χ0n) is 16.7. The van der Waals surface area contributed by atoms with Gasteiger partial charge in [-0.05, 0) is 42.0 Å². The number of nitrogens with one attached hydrogen (secondary N) is 2. The molecule has 166 valence electrons. The zero-order valence-corrected chi connectivity index (χ0v) is 17.6. The number of hydrogen-bond acceptors (Lipinski definition) is 6.